The number of fused-ring (bicyclic) bond motifs is 1. The summed E-state index contributed by atoms with van der Waals surface area (Å²) in [5.41, 5.74) is 1.75. The van der Waals surface area contributed by atoms with Gasteiger partial charge in [0.1, 0.15) is 0 Å². The van der Waals surface area contributed by atoms with Gasteiger partial charge < -0.3 is 9.47 Å². The summed E-state index contributed by atoms with van der Waals surface area (Å²) in [5, 5.41) is 9.49. The van der Waals surface area contributed by atoms with E-state index in [0.29, 0.717) is 12.8 Å². The second-order valence-electron chi connectivity index (χ2n) is 5.14. The van der Waals surface area contributed by atoms with Crippen LogP contribution in [0.4, 0.5) is 0 Å². The molecule has 18 heavy (non-hydrogen) atoms. The zero-order valence-corrected chi connectivity index (χ0v) is 10.4. The summed E-state index contributed by atoms with van der Waals surface area (Å²) in [5.74, 6) is 0. The Morgan fingerprint density at radius 3 is 2.50 bits per heavy atom. The molecule has 1 aromatic rings. The van der Waals surface area contributed by atoms with E-state index in [1.54, 1.807) is 0 Å². The van der Waals surface area contributed by atoms with Gasteiger partial charge in [0.2, 0.25) is 0 Å². The molecule has 3 heteroatoms. The summed E-state index contributed by atoms with van der Waals surface area (Å²) in [6, 6.07) is 10.6. The van der Waals surface area contributed by atoms with Crippen LogP contribution in [0.2, 0.25) is 0 Å². The fraction of sp³-hybridized carbons (Fsp3) is 0.533. The van der Waals surface area contributed by atoms with Crippen LogP contribution in [0.3, 0.4) is 0 Å². The molecule has 0 spiro atoms. The van der Waals surface area contributed by atoms with Crippen molar-refractivity contribution >= 4 is 0 Å². The smallest absolute Gasteiger partial charge is 0.165 e. The van der Waals surface area contributed by atoms with Gasteiger partial charge in [-0.1, -0.05) is 24.3 Å². The maximum Gasteiger partial charge on any atom is 0.165 e. The molecule has 0 saturated carbocycles. The summed E-state index contributed by atoms with van der Waals surface area (Å²) < 4.78 is 11.6. The molecule has 0 radical (unpaired) electrons. The van der Waals surface area contributed by atoms with Crippen LogP contribution in [0.25, 0.3) is 0 Å². The zero-order chi connectivity index (χ0) is 12.4. The van der Waals surface area contributed by atoms with Gasteiger partial charge in [0.25, 0.3) is 0 Å². The molecule has 1 aliphatic heterocycles. The normalized spacial score (nSPS) is 25.4. The number of nitriles is 1. The first kappa shape index (κ1) is 11.7. The Balaban J connectivity index is 1.75. The molecule has 1 aliphatic carbocycles. The largest absolute Gasteiger partial charge is 0.353 e. The van der Waals surface area contributed by atoms with E-state index >= 15 is 0 Å². The highest BCUT2D eigenvalue weighted by atomic mass is 16.7. The van der Waals surface area contributed by atoms with Crippen LogP contribution < -0.4 is 0 Å². The maximum absolute atomic E-state index is 9.49. The Bertz CT molecular complexity index is 447. The van der Waals surface area contributed by atoms with Crippen molar-refractivity contribution in [3.8, 4) is 6.07 Å². The first-order chi connectivity index (χ1) is 8.81. The third-order valence-electron chi connectivity index (χ3n) is 3.77. The Morgan fingerprint density at radius 1 is 1.22 bits per heavy atom. The Labute approximate surface area is 107 Å². The highest BCUT2D eigenvalue weighted by Crippen LogP contribution is 2.34. The number of rotatable bonds is 2. The minimum atomic E-state index is -0.717. The summed E-state index contributed by atoms with van der Waals surface area (Å²) in [7, 11) is 0. The lowest BCUT2D eigenvalue weighted by Gasteiger charge is -2.30. The fourth-order valence-electron chi connectivity index (χ4n) is 2.82. The average Bonchev–Trinajstić information content (AvgIpc) is 2.78. The molecule has 2 aliphatic rings. The van der Waals surface area contributed by atoms with E-state index < -0.39 is 5.60 Å². The van der Waals surface area contributed by atoms with Crippen LogP contribution in [-0.2, 0) is 22.3 Å². The van der Waals surface area contributed by atoms with Gasteiger partial charge in [-0.25, -0.2) is 0 Å². The van der Waals surface area contributed by atoms with E-state index in [0.717, 1.165) is 25.9 Å². The minimum absolute atomic E-state index is 0.201. The molecule has 3 nitrogen and oxygen atoms in total. The molecular weight excluding hydrogens is 226 g/mol. The van der Waals surface area contributed by atoms with E-state index in [1.165, 1.54) is 11.1 Å². The van der Waals surface area contributed by atoms with Gasteiger partial charge >= 0.3 is 0 Å². The second kappa shape index (κ2) is 4.72. The molecule has 1 fully saturated rings. The van der Waals surface area contributed by atoms with Crippen molar-refractivity contribution in [3.63, 3.8) is 0 Å². The van der Waals surface area contributed by atoms with E-state index in [4.69, 9.17) is 9.47 Å². The average molecular weight is 243 g/mol. The van der Waals surface area contributed by atoms with Crippen molar-refractivity contribution in [1.29, 1.82) is 5.26 Å². The predicted molar refractivity (Wildman–Crippen MR) is 66.9 cm³/mol. The topological polar surface area (TPSA) is 42.2 Å². The minimum Gasteiger partial charge on any atom is -0.353 e. The van der Waals surface area contributed by atoms with Gasteiger partial charge in [-0.05, 0) is 30.4 Å². The van der Waals surface area contributed by atoms with Gasteiger partial charge in [0.15, 0.2) is 11.9 Å². The third-order valence-corrected chi connectivity index (χ3v) is 3.77. The van der Waals surface area contributed by atoms with Gasteiger partial charge in [0, 0.05) is 19.4 Å². The van der Waals surface area contributed by atoms with Crippen LogP contribution in [-0.4, -0.2) is 18.5 Å². The quantitative estimate of drug-likeness (QED) is 0.801. The van der Waals surface area contributed by atoms with E-state index in [9.17, 15) is 5.26 Å². The highest BCUT2D eigenvalue weighted by molar-refractivity contribution is 5.38. The monoisotopic (exact) mass is 243 g/mol. The Kier molecular flexibility index (Phi) is 3.07. The van der Waals surface area contributed by atoms with Crippen molar-refractivity contribution in [2.75, 3.05) is 6.61 Å². The highest BCUT2D eigenvalue weighted by Gasteiger charge is 2.41. The van der Waals surface area contributed by atoms with Crippen molar-refractivity contribution in [2.24, 2.45) is 0 Å². The maximum atomic E-state index is 9.49. The standard InChI is InChI=1S/C15H17NO2/c16-11-15(18-14-7-3-4-8-17-14)9-12-5-1-2-6-13(12)10-15/h1-2,5-6,14H,3-4,7-10H2/t14-/m1/s1. The van der Waals surface area contributed by atoms with Crippen LogP contribution in [0.15, 0.2) is 24.3 Å². The molecule has 3 rings (SSSR count). The molecule has 0 amide bonds. The lowest BCUT2D eigenvalue weighted by molar-refractivity contribution is -0.206. The number of ether oxygens (including phenoxy) is 2. The number of nitrogens with zero attached hydrogens (tertiary/aromatic N) is 1. The third kappa shape index (κ3) is 2.14. The van der Waals surface area contributed by atoms with Gasteiger partial charge in [-0.15, -0.1) is 0 Å². The van der Waals surface area contributed by atoms with Crippen LogP contribution in [0, 0.1) is 11.3 Å². The zero-order valence-electron chi connectivity index (χ0n) is 10.4. The first-order valence-electron chi connectivity index (χ1n) is 6.59. The van der Waals surface area contributed by atoms with E-state index in [1.807, 2.05) is 12.1 Å². The number of benzene rings is 1. The molecule has 94 valence electrons. The summed E-state index contributed by atoms with van der Waals surface area (Å²) in [6.07, 6.45) is 4.28. The van der Waals surface area contributed by atoms with Crippen LogP contribution in [0.5, 0.6) is 0 Å². The SMILES string of the molecule is N#CC1(O[C@@H]2CCCCO2)Cc2ccccc2C1. The number of hydrogen-bond acceptors (Lipinski definition) is 3. The molecule has 1 atom stereocenters. The van der Waals surface area contributed by atoms with Gasteiger partial charge in [0.05, 0.1) is 6.07 Å². The summed E-state index contributed by atoms with van der Waals surface area (Å²) >= 11 is 0. The molecule has 1 heterocycles. The van der Waals surface area contributed by atoms with Gasteiger partial charge in [-0.2, -0.15) is 5.26 Å². The molecule has 1 saturated heterocycles. The summed E-state index contributed by atoms with van der Waals surface area (Å²) in [4.78, 5) is 0. The lowest BCUT2D eigenvalue weighted by Crippen LogP contribution is -2.38. The van der Waals surface area contributed by atoms with Crippen molar-refractivity contribution in [2.45, 2.75) is 44.0 Å². The molecule has 0 bridgehead atoms. The molecule has 0 unspecified atom stereocenters. The van der Waals surface area contributed by atoms with Crippen LogP contribution in [0.1, 0.15) is 30.4 Å². The van der Waals surface area contributed by atoms with Crippen molar-refractivity contribution < 1.29 is 9.47 Å². The molecule has 1 aromatic carbocycles. The van der Waals surface area contributed by atoms with E-state index in [-0.39, 0.29) is 6.29 Å². The Morgan fingerprint density at radius 2 is 1.94 bits per heavy atom. The Hall–Kier alpha value is -1.37. The fourth-order valence-corrected chi connectivity index (χ4v) is 2.82. The van der Waals surface area contributed by atoms with E-state index in [2.05, 4.69) is 18.2 Å². The summed E-state index contributed by atoms with van der Waals surface area (Å²) in [6.45, 7) is 0.749. The molecule has 0 aromatic heterocycles. The van der Waals surface area contributed by atoms with Crippen molar-refractivity contribution in [3.05, 3.63) is 35.4 Å². The predicted octanol–water partition coefficient (Wildman–Crippen LogP) is 2.59. The van der Waals surface area contributed by atoms with Gasteiger partial charge in [-0.3, -0.25) is 0 Å². The van der Waals surface area contributed by atoms with Crippen molar-refractivity contribution in [1.82, 2.24) is 0 Å². The van der Waals surface area contributed by atoms with Crippen LogP contribution >= 0.6 is 0 Å². The number of hydrogen-bond donors (Lipinski definition) is 0. The first-order valence-corrected chi connectivity index (χ1v) is 6.59. The lowest BCUT2D eigenvalue weighted by atomic mass is 10.0. The molecule has 0 N–H and O–H groups in total. The molecular formula is C15H17NO2. The second-order valence-corrected chi connectivity index (χ2v) is 5.14.